The molecule has 5 heteroatoms. The predicted molar refractivity (Wildman–Crippen MR) is 82.4 cm³/mol. The number of hydrogen-bond acceptors (Lipinski definition) is 5. The van der Waals surface area contributed by atoms with Gasteiger partial charge in [-0.1, -0.05) is 18.2 Å². The second-order valence-corrected chi connectivity index (χ2v) is 5.68. The highest BCUT2D eigenvalue weighted by Crippen LogP contribution is 2.22. The summed E-state index contributed by atoms with van der Waals surface area (Å²) in [6.07, 6.45) is -0.473. The summed E-state index contributed by atoms with van der Waals surface area (Å²) in [7, 11) is 5.48. The third-order valence-corrected chi connectivity index (χ3v) is 3.67. The van der Waals surface area contributed by atoms with Gasteiger partial charge in [-0.25, -0.2) is 4.79 Å². The first-order chi connectivity index (χ1) is 10.0. The summed E-state index contributed by atoms with van der Waals surface area (Å²) in [4.78, 5) is 16.1. The first-order valence-corrected chi connectivity index (χ1v) is 7.22. The number of ether oxygens (including phenoxy) is 2. The molecule has 1 aliphatic rings. The van der Waals surface area contributed by atoms with E-state index in [0.29, 0.717) is 6.54 Å². The van der Waals surface area contributed by atoms with Crippen LogP contribution in [0.2, 0.25) is 0 Å². The number of morpholine rings is 1. The van der Waals surface area contributed by atoms with Gasteiger partial charge in [0.1, 0.15) is 0 Å². The van der Waals surface area contributed by atoms with Gasteiger partial charge in [0, 0.05) is 39.4 Å². The van der Waals surface area contributed by atoms with Crippen LogP contribution in [0.3, 0.4) is 0 Å². The maximum absolute atomic E-state index is 11.7. The molecule has 0 unspecified atom stereocenters. The highest BCUT2D eigenvalue weighted by molar-refractivity contribution is 5.75. The molecule has 1 saturated heterocycles. The second kappa shape index (κ2) is 6.91. The molecule has 0 aromatic heterocycles. The number of esters is 1. The molecule has 0 amide bonds. The Labute approximate surface area is 126 Å². The average Bonchev–Trinajstić information content (AvgIpc) is 2.46. The van der Waals surface area contributed by atoms with E-state index in [4.69, 9.17) is 9.47 Å². The lowest BCUT2D eigenvalue weighted by Crippen LogP contribution is -2.49. The molecule has 21 heavy (non-hydrogen) atoms. The minimum absolute atomic E-state index is 0.0226. The van der Waals surface area contributed by atoms with Crippen molar-refractivity contribution >= 4 is 11.7 Å². The van der Waals surface area contributed by atoms with Crippen molar-refractivity contribution in [2.75, 3.05) is 39.2 Å². The highest BCUT2D eigenvalue weighted by atomic mass is 16.6. The maximum Gasteiger partial charge on any atom is 0.336 e. The molecule has 0 bridgehead atoms. The monoisotopic (exact) mass is 292 g/mol. The first kappa shape index (κ1) is 15.8. The second-order valence-electron chi connectivity index (χ2n) is 5.68. The van der Waals surface area contributed by atoms with Crippen molar-refractivity contribution < 1.29 is 14.3 Å². The first-order valence-electron chi connectivity index (χ1n) is 7.22. The van der Waals surface area contributed by atoms with E-state index in [1.54, 1.807) is 0 Å². The van der Waals surface area contributed by atoms with Crippen molar-refractivity contribution in [2.24, 2.45) is 0 Å². The zero-order valence-corrected chi connectivity index (χ0v) is 13.2. The van der Waals surface area contributed by atoms with E-state index in [-0.39, 0.29) is 12.1 Å². The molecule has 0 N–H and O–H groups in total. The van der Waals surface area contributed by atoms with Gasteiger partial charge >= 0.3 is 5.97 Å². The Morgan fingerprint density at radius 2 is 2.10 bits per heavy atom. The van der Waals surface area contributed by atoms with Crippen LogP contribution < -0.4 is 4.90 Å². The van der Waals surface area contributed by atoms with Crippen molar-refractivity contribution in [2.45, 2.75) is 25.7 Å². The van der Waals surface area contributed by atoms with E-state index >= 15 is 0 Å². The van der Waals surface area contributed by atoms with E-state index in [1.807, 2.05) is 33.2 Å². The molecule has 0 saturated carbocycles. The molecule has 0 spiro atoms. The Kier molecular flexibility index (Phi) is 5.20. The molecule has 1 aliphatic heterocycles. The summed E-state index contributed by atoms with van der Waals surface area (Å²) in [5.74, 6) is -0.299. The molecule has 2 rings (SSSR count). The van der Waals surface area contributed by atoms with E-state index in [2.05, 4.69) is 21.9 Å². The molecule has 1 heterocycles. The third kappa shape index (κ3) is 3.95. The number of anilines is 1. The number of para-hydroxylation sites is 1. The van der Waals surface area contributed by atoms with Crippen molar-refractivity contribution in [1.29, 1.82) is 0 Å². The number of carbonyl (C=O) groups excluding carboxylic acids is 1. The predicted octanol–water partition coefficient (Wildman–Crippen LogP) is 1.51. The minimum Gasteiger partial charge on any atom is -0.467 e. The van der Waals surface area contributed by atoms with Gasteiger partial charge in [-0.2, -0.15) is 0 Å². The highest BCUT2D eigenvalue weighted by Gasteiger charge is 2.31. The smallest absolute Gasteiger partial charge is 0.336 e. The van der Waals surface area contributed by atoms with Gasteiger partial charge in [-0.3, -0.25) is 4.90 Å². The van der Waals surface area contributed by atoms with E-state index in [9.17, 15) is 4.79 Å². The van der Waals surface area contributed by atoms with Crippen molar-refractivity contribution in [1.82, 2.24) is 4.90 Å². The molecule has 1 aromatic rings. The number of carbonyl (C=O) groups is 1. The number of nitrogens with zero attached hydrogens (tertiary/aromatic N) is 2. The Bertz CT molecular complexity index is 490. The van der Waals surface area contributed by atoms with Gasteiger partial charge in [0.15, 0.2) is 6.10 Å². The van der Waals surface area contributed by atoms with Crippen LogP contribution in [0.15, 0.2) is 24.3 Å². The third-order valence-electron chi connectivity index (χ3n) is 3.67. The molecule has 116 valence electrons. The Morgan fingerprint density at radius 1 is 1.38 bits per heavy atom. The fourth-order valence-electron chi connectivity index (χ4n) is 2.75. The molecular formula is C16H24N2O3. The molecule has 2 atom stereocenters. The van der Waals surface area contributed by atoms with Crippen molar-refractivity contribution in [3.8, 4) is 0 Å². The van der Waals surface area contributed by atoms with Gasteiger partial charge in [0.2, 0.25) is 0 Å². The lowest BCUT2D eigenvalue weighted by atomic mass is 10.1. The van der Waals surface area contributed by atoms with E-state index in [0.717, 1.165) is 13.1 Å². The van der Waals surface area contributed by atoms with Crippen LogP contribution >= 0.6 is 0 Å². The average molecular weight is 292 g/mol. The number of rotatable bonds is 4. The molecule has 1 aromatic carbocycles. The Morgan fingerprint density at radius 3 is 2.76 bits per heavy atom. The van der Waals surface area contributed by atoms with Crippen LogP contribution in [0.5, 0.6) is 0 Å². The maximum atomic E-state index is 11.7. The summed E-state index contributed by atoms with van der Waals surface area (Å²) < 4.78 is 10.5. The quantitative estimate of drug-likeness (QED) is 0.787. The van der Waals surface area contributed by atoms with Gasteiger partial charge in [-0.15, -0.1) is 0 Å². The topological polar surface area (TPSA) is 42.0 Å². The molecule has 0 radical (unpaired) electrons. The zero-order chi connectivity index (χ0) is 15.4. The summed E-state index contributed by atoms with van der Waals surface area (Å²) in [5.41, 5.74) is 2.45. The zero-order valence-electron chi connectivity index (χ0n) is 13.2. The minimum atomic E-state index is -0.495. The van der Waals surface area contributed by atoms with Gasteiger partial charge in [-0.05, 0) is 18.6 Å². The molecular weight excluding hydrogens is 268 g/mol. The van der Waals surface area contributed by atoms with Crippen LogP contribution in [0.25, 0.3) is 0 Å². The van der Waals surface area contributed by atoms with Gasteiger partial charge < -0.3 is 14.4 Å². The van der Waals surface area contributed by atoms with Crippen molar-refractivity contribution in [3.63, 3.8) is 0 Å². The molecule has 1 fully saturated rings. The molecule has 5 nitrogen and oxygen atoms in total. The fraction of sp³-hybridized carbons (Fsp3) is 0.562. The Hall–Kier alpha value is -1.59. The summed E-state index contributed by atoms with van der Waals surface area (Å²) in [6, 6.07) is 8.32. The summed E-state index contributed by atoms with van der Waals surface area (Å²) in [5, 5.41) is 0. The lowest BCUT2D eigenvalue weighted by Gasteiger charge is -2.36. The van der Waals surface area contributed by atoms with Crippen LogP contribution in [-0.4, -0.2) is 57.4 Å². The van der Waals surface area contributed by atoms with Crippen LogP contribution in [0, 0.1) is 0 Å². The lowest BCUT2D eigenvalue weighted by molar-refractivity contribution is -0.166. The normalized spacial score (nSPS) is 22.9. The van der Waals surface area contributed by atoms with Crippen LogP contribution in [0.4, 0.5) is 5.69 Å². The van der Waals surface area contributed by atoms with Crippen LogP contribution in [-0.2, 0) is 20.8 Å². The Balaban J connectivity index is 2.10. The summed E-state index contributed by atoms with van der Waals surface area (Å²) in [6.45, 7) is 4.17. The SMILES string of the molecule is COC(=O)[C@@H]1CN(Cc2ccccc2N(C)C)C[C@@H](C)O1. The standard InChI is InChI=1S/C16H24N2O3/c1-12-9-18(11-15(21-12)16(19)20-4)10-13-7-5-6-8-14(13)17(2)3/h5-8,12,15H,9-11H2,1-4H3/t12-,15+/m1/s1. The van der Waals surface area contributed by atoms with E-state index < -0.39 is 6.10 Å². The summed E-state index contributed by atoms with van der Waals surface area (Å²) >= 11 is 0. The van der Waals surface area contributed by atoms with Crippen LogP contribution in [0.1, 0.15) is 12.5 Å². The van der Waals surface area contributed by atoms with Crippen molar-refractivity contribution in [3.05, 3.63) is 29.8 Å². The largest absolute Gasteiger partial charge is 0.467 e. The van der Waals surface area contributed by atoms with E-state index in [1.165, 1.54) is 18.4 Å². The number of benzene rings is 1. The number of methoxy groups -OCH3 is 1. The van der Waals surface area contributed by atoms with Gasteiger partial charge in [0.05, 0.1) is 13.2 Å². The fourth-order valence-corrected chi connectivity index (χ4v) is 2.75. The molecule has 0 aliphatic carbocycles. The number of hydrogen-bond donors (Lipinski definition) is 0. The van der Waals surface area contributed by atoms with Gasteiger partial charge in [0.25, 0.3) is 0 Å².